The van der Waals surface area contributed by atoms with Crippen LogP contribution in [0.25, 0.3) is 0 Å². The van der Waals surface area contributed by atoms with Crippen LogP contribution in [0.5, 0.6) is 0 Å². The summed E-state index contributed by atoms with van der Waals surface area (Å²) >= 11 is 0. The maximum Gasteiger partial charge on any atom is 0.230 e. The molecule has 5 heteroatoms. The lowest BCUT2D eigenvalue weighted by atomic mass is 9.72. The average Bonchev–Trinajstić information content (AvgIpc) is 2.68. The van der Waals surface area contributed by atoms with Gasteiger partial charge < -0.3 is 20.1 Å². The molecule has 0 radical (unpaired) electrons. The number of rotatable bonds is 6. The topological polar surface area (TPSA) is 59.6 Å². The Morgan fingerprint density at radius 2 is 1.84 bits per heavy atom. The lowest BCUT2D eigenvalue weighted by molar-refractivity contribution is -0.131. The summed E-state index contributed by atoms with van der Waals surface area (Å²) in [7, 11) is 1.75. The molecule has 0 unspecified atom stereocenters. The molecule has 0 aromatic heterocycles. The molecule has 0 spiro atoms. The molecule has 0 atom stereocenters. The zero-order chi connectivity index (χ0) is 17.6. The average molecular weight is 346 g/mol. The Bertz CT molecular complexity index is 544. The highest BCUT2D eigenvalue weighted by Crippen LogP contribution is 2.36. The van der Waals surface area contributed by atoms with Crippen molar-refractivity contribution in [2.75, 3.05) is 46.6 Å². The van der Waals surface area contributed by atoms with E-state index in [1.54, 1.807) is 7.11 Å². The van der Waals surface area contributed by atoms with Crippen molar-refractivity contribution < 1.29 is 14.3 Å². The Hall–Kier alpha value is -1.43. The minimum Gasteiger partial charge on any atom is -0.384 e. The zero-order valence-corrected chi connectivity index (χ0v) is 15.2. The summed E-state index contributed by atoms with van der Waals surface area (Å²) in [6.45, 7) is 4.60. The molecule has 3 rings (SSSR count). The summed E-state index contributed by atoms with van der Waals surface area (Å²) in [6.07, 6.45) is 3.54. The molecule has 0 aliphatic carbocycles. The van der Waals surface area contributed by atoms with E-state index < -0.39 is 5.41 Å². The highest BCUT2D eigenvalue weighted by atomic mass is 16.5. The second-order valence-electron chi connectivity index (χ2n) is 7.43. The molecule has 2 aliphatic heterocycles. The Morgan fingerprint density at radius 3 is 2.48 bits per heavy atom. The fraction of sp³-hybridized carbons (Fsp3) is 0.650. The van der Waals surface area contributed by atoms with Crippen LogP contribution in [-0.2, 0) is 19.7 Å². The van der Waals surface area contributed by atoms with Crippen LogP contribution in [0, 0.1) is 5.41 Å². The highest BCUT2D eigenvalue weighted by molar-refractivity contribution is 5.88. The van der Waals surface area contributed by atoms with E-state index in [1.165, 1.54) is 0 Å². The number of carbonyl (C=O) groups excluding carboxylic acids is 1. The second-order valence-corrected chi connectivity index (χ2v) is 7.43. The number of carbonyl (C=O) groups is 1. The molecule has 25 heavy (non-hydrogen) atoms. The van der Waals surface area contributed by atoms with Gasteiger partial charge in [0.2, 0.25) is 5.91 Å². The van der Waals surface area contributed by atoms with Crippen molar-refractivity contribution in [2.45, 2.75) is 31.1 Å². The van der Waals surface area contributed by atoms with E-state index in [2.05, 4.69) is 22.8 Å². The van der Waals surface area contributed by atoms with Gasteiger partial charge in [-0.25, -0.2) is 0 Å². The van der Waals surface area contributed by atoms with Crippen LogP contribution in [0.1, 0.15) is 31.2 Å². The van der Waals surface area contributed by atoms with Gasteiger partial charge in [-0.3, -0.25) is 4.79 Å². The molecule has 0 saturated carbocycles. The molecule has 138 valence electrons. The minimum absolute atomic E-state index is 0.0404. The summed E-state index contributed by atoms with van der Waals surface area (Å²) in [5, 5.41) is 6.68. The number of piperidine rings is 1. The number of hydrogen-bond donors (Lipinski definition) is 2. The van der Waals surface area contributed by atoms with Crippen LogP contribution in [0.3, 0.4) is 0 Å². The van der Waals surface area contributed by atoms with Gasteiger partial charge >= 0.3 is 0 Å². The lowest BCUT2D eigenvalue weighted by Crippen LogP contribution is -2.53. The molecule has 2 fully saturated rings. The van der Waals surface area contributed by atoms with E-state index in [9.17, 15) is 4.79 Å². The van der Waals surface area contributed by atoms with Crippen LogP contribution >= 0.6 is 0 Å². The number of ether oxygens (including phenoxy) is 2. The summed E-state index contributed by atoms with van der Waals surface area (Å²) in [6, 6.07) is 10.2. The summed E-state index contributed by atoms with van der Waals surface area (Å²) in [4.78, 5) is 13.3. The van der Waals surface area contributed by atoms with Crippen LogP contribution < -0.4 is 10.6 Å². The fourth-order valence-corrected chi connectivity index (χ4v) is 4.20. The second kappa shape index (κ2) is 8.30. The minimum atomic E-state index is -0.472. The normalized spacial score (nSPS) is 22.3. The largest absolute Gasteiger partial charge is 0.384 e. The van der Waals surface area contributed by atoms with Gasteiger partial charge in [0.25, 0.3) is 0 Å². The quantitative estimate of drug-likeness (QED) is 0.826. The molecular weight excluding hydrogens is 316 g/mol. The molecule has 1 aromatic rings. The maximum atomic E-state index is 13.3. The molecule has 5 nitrogen and oxygen atoms in total. The number of hydrogen-bond acceptors (Lipinski definition) is 4. The Kier molecular flexibility index (Phi) is 6.10. The first-order valence-electron chi connectivity index (χ1n) is 9.32. The predicted molar refractivity (Wildman–Crippen MR) is 97.6 cm³/mol. The SMILES string of the molecule is COCC1(CNC(=O)C2(c3ccccc3)CCOCC2)CCNCC1. The maximum absolute atomic E-state index is 13.3. The van der Waals surface area contributed by atoms with Gasteiger partial charge in [-0.1, -0.05) is 30.3 Å². The summed E-state index contributed by atoms with van der Waals surface area (Å²) in [5.74, 6) is 0.135. The number of benzene rings is 1. The van der Waals surface area contributed by atoms with Gasteiger partial charge in [-0.2, -0.15) is 0 Å². The van der Waals surface area contributed by atoms with E-state index in [0.717, 1.165) is 44.3 Å². The summed E-state index contributed by atoms with van der Waals surface area (Å²) < 4.78 is 11.0. The molecule has 1 amide bonds. The first-order chi connectivity index (χ1) is 12.2. The van der Waals surface area contributed by atoms with Gasteiger partial charge in [0.1, 0.15) is 0 Å². The van der Waals surface area contributed by atoms with Crippen LogP contribution in [0.15, 0.2) is 30.3 Å². The van der Waals surface area contributed by atoms with Crippen molar-refractivity contribution in [2.24, 2.45) is 5.41 Å². The van der Waals surface area contributed by atoms with Crippen molar-refractivity contribution in [1.82, 2.24) is 10.6 Å². The van der Waals surface area contributed by atoms with E-state index in [-0.39, 0.29) is 11.3 Å². The van der Waals surface area contributed by atoms with Crippen LogP contribution in [-0.4, -0.2) is 52.5 Å². The first-order valence-corrected chi connectivity index (χ1v) is 9.32. The third-order valence-electron chi connectivity index (χ3n) is 5.85. The summed E-state index contributed by atoms with van der Waals surface area (Å²) in [5.41, 5.74) is 0.668. The van der Waals surface area contributed by atoms with Gasteiger partial charge in [0.05, 0.1) is 12.0 Å². The number of nitrogens with one attached hydrogen (secondary N) is 2. The third kappa shape index (κ3) is 4.05. The van der Waals surface area contributed by atoms with Gasteiger partial charge in [-0.15, -0.1) is 0 Å². The van der Waals surface area contributed by atoms with Gasteiger partial charge in [0, 0.05) is 32.3 Å². The van der Waals surface area contributed by atoms with Gasteiger partial charge in [-0.05, 0) is 44.3 Å². The van der Waals surface area contributed by atoms with Crippen molar-refractivity contribution in [3.8, 4) is 0 Å². The molecule has 2 saturated heterocycles. The van der Waals surface area contributed by atoms with E-state index >= 15 is 0 Å². The smallest absolute Gasteiger partial charge is 0.230 e. The van der Waals surface area contributed by atoms with Crippen molar-refractivity contribution in [3.05, 3.63) is 35.9 Å². The predicted octanol–water partition coefficient (Wildman–Crippen LogP) is 1.87. The molecule has 2 N–H and O–H groups in total. The van der Waals surface area contributed by atoms with E-state index in [0.29, 0.717) is 26.4 Å². The van der Waals surface area contributed by atoms with E-state index in [1.807, 2.05) is 18.2 Å². The van der Waals surface area contributed by atoms with Gasteiger partial charge in [0.15, 0.2) is 0 Å². The zero-order valence-electron chi connectivity index (χ0n) is 15.2. The lowest BCUT2D eigenvalue weighted by Gasteiger charge is -2.40. The molecule has 1 aromatic carbocycles. The fourth-order valence-electron chi connectivity index (χ4n) is 4.20. The van der Waals surface area contributed by atoms with Crippen LogP contribution in [0.4, 0.5) is 0 Å². The first kappa shape index (κ1) is 18.4. The standard InChI is InChI=1S/C20H30N2O3/c1-24-16-19(7-11-21-12-8-19)15-22-18(23)20(9-13-25-14-10-20)17-5-3-2-4-6-17/h2-6,21H,7-16H2,1H3,(H,22,23). The third-order valence-corrected chi connectivity index (χ3v) is 5.85. The monoisotopic (exact) mass is 346 g/mol. The Balaban J connectivity index is 1.74. The Labute approximate surface area is 150 Å². The number of methoxy groups -OCH3 is 1. The highest BCUT2D eigenvalue weighted by Gasteiger charge is 2.42. The number of amides is 1. The molecule has 2 aliphatic rings. The van der Waals surface area contributed by atoms with Crippen molar-refractivity contribution in [1.29, 1.82) is 0 Å². The van der Waals surface area contributed by atoms with Crippen LogP contribution in [0.2, 0.25) is 0 Å². The van der Waals surface area contributed by atoms with Crippen molar-refractivity contribution in [3.63, 3.8) is 0 Å². The molecular formula is C20H30N2O3. The van der Waals surface area contributed by atoms with E-state index in [4.69, 9.17) is 9.47 Å². The van der Waals surface area contributed by atoms with Crippen molar-refractivity contribution >= 4 is 5.91 Å². The molecule has 2 heterocycles. The molecule has 0 bridgehead atoms. The Morgan fingerprint density at radius 1 is 1.16 bits per heavy atom.